The molecule has 0 radical (unpaired) electrons. The summed E-state index contributed by atoms with van der Waals surface area (Å²) in [6.07, 6.45) is 6.19. The average Bonchev–Trinajstić information content (AvgIpc) is 2.18. The standard InChI is InChI=1S/C10H20N2O2/c1-8(9(2)12(13)14)11-10-6-4-3-5-7-10/h8-11H,3-7H2,1-2H3/t8-,9+/m1/s1. The molecular formula is C10H20N2O2. The molecule has 0 spiro atoms. The monoisotopic (exact) mass is 200 g/mol. The first-order valence-electron chi connectivity index (χ1n) is 5.51. The van der Waals surface area contributed by atoms with E-state index in [-0.39, 0.29) is 11.0 Å². The van der Waals surface area contributed by atoms with Crippen LogP contribution in [0.3, 0.4) is 0 Å². The summed E-state index contributed by atoms with van der Waals surface area (Å²) in [7, 11) is 0. The van der Waals surface area contributed by atoms with Crippen LogP contribution in [-0.4, -0.2) is 23.0 Å². The molecule has 0 bridgehead atoms. The highest BCUT2D eigenvalue weighted by atomic mass is 16.6. The van der Waals surface area contributed by atoms with E-state index in [9.17, 15) is 10.1 Å². The van der Waals surface area contributed by atoms with Gasteiger partial charge in [-0.25, -0.2) is 0 Å². The molecule has 0 aromatic heterocycles. The van der Waals surface area contributed by atoms with Crippen LogP contribution in [0.4, 0.5) is 0 Å². The lowest BCUT2D eigenvalue weighted by Crippen LogP contribution is -2.45. The van der Waals surface area contributed by atoms with E-state index in [0.717, 1.165) is 0 Å². The maximum atomic E-state index is 10.5. The molecular weight excluding hydrogens is 180 g/mol. The fourth-order valence-electron chi connectivity index (χ4n) is 1.96. The molecule has 1 rings (SSSR count). The third kappa shape index (κ3) is 3.25. The summed E-state index contributed by atoms with van der Waals surface area (Å²) in [6.45, 7) is 3.57. The van der Waals surface area contributed by atoms with Crippen LogP contribution in [0.15, 0.2) is 0 Å². The summed E-state index contributed by atoms with van der Waals surface area (Å²) in [5.74, 6) is 0. The van der Waals surface area contributed by atoms with Crippen molar-refractivity contribution in [2.45, 2.75) is 64.1 Å². The van der Waals surface area contributed by atoms with Crippen LogP contribution in [0.5, 0.6) is 0 Å². The molecule has 1 N–H and O–H groups in total. The summed E-state index contributed by atoms with van der Waals surface area (Å²) in [5, 5.41) is 13.9. The Hall–Kier alpha value is -0.640. The molecule has 1 fully saturated rings. The normalized spacial score (nSPS) is 23.0. The minimum absolute atomic E-state index is 0.0203. The zero-order valence-electron chi connectivity index (χ0n) is 9.03. The first kappa shape index (κ1) is 11.4. The highest BCUT2D eigenvalue weighted by Gasteiger charge is 2.25. The lowest BCUT2D eigenvalue weighted by atomic mass is 9.94. The van der Waals surface area contributed by atoms with E-state index in [1.165, 1.54) is 32.1 Å². The Morgan fingerprint density at radius 2 is 1.86 bits per heavy atom. The summed E-state index contributed by atoms with van der Waals surface area (Å²) in [5.41, 5.74) is 0. The second-order valence-electron chi connectivity index (χ2n) is 4.32. The van der Waals surface area contributed by atoms with Crippen LogP contribution < -0.4 is 5.32 Å². The first-order chi connectivity index (χ1) is 6.61. The van der Waals surface area contributed by atoms with E-state index in [1.807, 2.05) is 6.92 Å². The second-order valence-corrected chi connectivity index (χ2v) is 4.32. The van der Waals surface area contributed by atoms with Gasteiger partial charge in [0.05, 0.1) is 6.04 Å². The quantitative estimate of drug-likeness (QED) is 0.557. The van der Waals surface area contributed by atoms with Crippen molar-refractivity contribution in [3.8, 4) is 0 Å². The van der Waals surface area contributed by atoms with Gasteiger partial charge in [-0.05, 0) is 19.8 Å². The van der Waals surface area contributed by atoms with Crippen molar-refractivity contribution in [1.82, 2.24) is 5.32 Å². The highest BCUT2D eigenvalue weighted by molar-refractivity contribution is 4.77. The van der Waals surface area contributed by atoms with Crippen LogP contribution in [-0.2, 0) is 0 Å². The summed E-state index contributed by atoms with van der Waals surface area (Å²) < 4.78 is 0. The molecule has 0 heterocycles. The Kier molecular flexibility index (Phi) is 4.32. The Bertz CT molecular complexity index is 191. The first-order valence-corrected chi connectivity index (χ1v) is 5.51. The van der Waals surface area contributed by atoms with Crippen LogP contribution in [0.25, 0.3) is 0 Å². The molecule has 1 saturated carbocycles. The molecule has 4 heteroatoms. The molecule has 0 aliphatic heterocycles. The Labute approximate surface area is 85.2 Å². The zero-order valence-corrected chi connectivity index (χ0v) is 9.03. The molecule has 0 unspecified atom stereocenters. The van der Waals surface area contributed by atoms with Crippen molar-refractivity contribution in [3.05, 3.63) is 10.1 Å². The number of nitrogens with zero attached hydrogens (tertiary/aromatic N) is 1. The van der Waals surface area contributed by atoms with E-state index < -0.39 is 6.04 Å². The van der Waals surface area contributed by atoms with E-state index in [2.05, 4.69) is 5.32 Å². The summed E-state index contributed by atoms with van der Waals surface area (Å²) >= 11 is 0. The fourth-order valence-corrected chi connectivity index (χ4v) is 1.96. The predicted octanol–water partition coefficient (Wildman–Crippen LogP) is 1.96. The van der Waals surface area contributed by atoms with Crippen molar-refractivity contribution >= 4 is 0 Å². The number of rotatable bonds is 4. The Morgan fingerprint density at radius 1 is 1.29 bits per heavy atom. The van der Waals surface area contributed by atoms with Crippen molar-refractivity contribution < 1.29 is 4.92 Å². The zero-order chi connectivity index (χ0) is 10.6. The SMILES string of the molecule is C[C@@H](NC1CCCCC1)[C@H](C)[N+](=O)[O-]. The van der Waals surface area contributed by atoms with Gasteiger partial charge in [0.2, 0.25) is 6.04 Å². The van der Waals surface area contributed by atoms with E-state index >= 15 is 0 Å². The average molecular weight is 200 g/mol. The van der Waals surface area contributed by atoms with Gasteiger partial charge in [-0.2, -0.15) is 0 Å². The van der Waals surface area contributed by atoms with Gasteiger partial charge in [0.1, 0.15) is 0 Å². The highest BCUT2D eigenvalue weighted by Crippen LogP contribution is 2.18. The van der Waals surface area contributed by atoms with E-state index in [1.54, 1.807) is 6.92 Å². The molecule has 4 nitrogen and oxygen atoms in total. The smallest absolute Gasteiger partial charge is 0.225 e. The van der Waals surface area contributed by atoms with Crippen molar-refractivity contribution in [1.29, 1.82) is 0 Å². The van der Waals surface area contributed by atoms with Gasteiger partial charge in [-0.3, -0.25) is 10.1 Å². The second kappa shape index (κ2) is 5.29. The molecule has 14 heavy (non-hydrogen) atoms. The number of hydrogen-bond acceptors (Lipinski definition) is 3. The van der Waals surface area contributed by atoms with Crippen LogP contribution in [0, 0.1) is 10.1 Å². The predicted molar refractivity (Wildman–Crippen MR) is 55.9 cm³/mol. The van der Waals surface area contributed by atoms with Gasteiger partial charge in [0.25, 0.3) is 0 Å². The third-order valence-electron chi connectivity index (χ3n) is 3.16. The Morgan fingerprint density at radius 3 is 2.36 bits per heavy atom. The molecule has 1 aliphatic carbocycles. The van der Waals surface area contributed by atoms with Gasteiger partial charge >= 0.3 is 0 Å². The maximum Gasteiger partial charge on any atom is 0.225 e. The van der Waals surface area contributed by atoms with Gasteiger partial charge < -0.3 is 5.32 Å². The van der Waals surface area contributed by atoms with Crippen molar-refractivity contribution in [3.63, 3.8) is 0 Å². The van der Waals surface area contributed by atoms with Gasteiger partial charge in [-0.15, -0.1) is 0 Å². The van der Waals surface area contributed by atoms with Gasteiger partial charge in [-0.1, -0.05) is 19.3 Å². The lowest BCUT2D eigenvalue weighted by Gasteiger charge is -2.26. The van der Waals surface area contributed by atoms with Crippen LogP contribution >= 0.6 is 0 Å². The topological polar surface area (TPSA) is 55.2 Å². The van der Waals surface area contributed by atoms with Crippen LogP contribution in [0.1, 0.15) is 46.0 Å². The minimum Gasteiger partial charge on any atom is -0.305 e. The number of hydrogen-bond donors (Lipinski definition) is 1. The third-order valence-corrected chi connectivity index (χ3v) is 3.16. The summed E-state index contributed by atoms with van der Waals surface area (Å²) in [4.78, 5) is 10.3. The Balaban J connectivity index is 2.31. The molecule has 0 saturated heterocycles. The largest absolute Gasteiger partial charge is 0.305 e. The summed E-state index contributed by atoms with van der Waals surface area (Å²) in [6, 6.07) is -0.00817. The van der Waals surface area contributed by atoms with E-state index in [4.69, 9.17) is 0 Å². The molecule has 0 aromatic rings. The molecule has 2 atom stereocenters. The van der Waals surface area contributed by atoms with Gasteiger partial charge in [0.15, 0.2) is 0 Å². The van der Waals surface area contributed by atoms with E-state index in [0.29, 0.717) is 6.04 Å². The van der Waals surface area contributed by atoms with Crippen molar-refractivity contribution in [2.24, 2.45) is 0 Å². The number of nitrogens with one attached hydrogen (secondary N) is 1. The molecule has 1 aliphatic rings. The van der Waals surface area contributed by atoms with Gasteiger partial charge in [0, 0.05) is 17.9 Å². The molecule has 82 valence electrons. The maximum absolute atomic E-state index is 10.5. The van der Waals surface area contributed by atoms with Crippen molar-refractivity contribution in [2.75, 3.05) is 0 Å². The lowest BCUT2D eigenvalue weighted by molar-refractivity contribution is -0.521. The fraction of sp³-hybridized carbons (Fsp3) is 1.00. The number of nitro groups is 1. The molecule has 0 amide bonds. The minimum atomic E-state index is -0.489. The molecule has 0 aromatic carbocycles. The van der Waals surface area contributed by atoms with Crippen LogP contribution in [0.2, 0.25) is 0 Å².